The molecule has 8 heteroatoms. The number of unbranched alkanes of at least 4 members (excludes halogenated alkanes) is 23. The molecule has 64 heavy (non-hydrogen) atoms. The summed E-state index contributed by atoms with van der Waals surface area (Å²) in [5.41, 5.74) is 8.80. The van der Waals surface area contributed by atoms with Crippen molar-refractivity contribution in [2.45, 2.75) is 279 Å². The Morgan fingerprint density at radius 3 is 1.48 bits per heavy atom. The third kappa shape index (κ3) is 37.8. The van der Waals surface area contributed by atoms with Crippen LogP contribution in [0.15, 0.2) is 29.0 Å². The van der Waals surface area contributed by atoms with Crippen LogP contribution < -0.4 is 5.73 Å². The number of nitrogens with zero attached hydrogens (tertiary/aromatic N) is 3. The largest absolute Gasteiger partial charge is 0.466 e. The number of hydrogen-bond acceptors (Lipinski definition) is 7. The van der Waals surface area contributed by atoms with Gasteiger partial charge >= 0.3 is 11.9 Å². The topological polar surface area (TPSA) is 97.5 Å². The number of hydrogen-bond donors (Lipinski definition) is 1. The number of ether oxygens (including phenoxy) is 2. The van der Waals surface area contributed by atoms with Crippen LogP contribution in [0.4, 0.5) is 0 Å². The minimum Gasteiger partial charge on any atom is -0.466 e. The van der Waals surface area contributed by atoms with Crippen LogP contribution in [0.2, 0.25) is 0 Å². The van der Waals surface area contributed by atoms with Gasteiger partial charge in [0.2, 0.25) is 0 Å². The Labute approximate surface area is 398 Å². The van der Waals surface area contributed by atoms with E-state index in [1.54, 1.807) is 0 Å². The Balaban J connectivity index is 4.98. The van der Waals surface area contributed by atoms with Crippen molar-refractivity contribution in [3.63, 3.8) is 0 Å². The number of nitrogens with two attached hydrogens (primary N) is 1. The van der Waals surface area contributed by atoms with Crippen molar-refractivity contribution in [2.24, 2.45) is 10.7 Å². The van der Waals surface area contributed by atoms with Gasteiger partial charge in [-0.25, -0.2) is 0 Å². The van der Waals surface area contributed by atoms with E-state index in [9.17, 15) is 9.59 Å². The first-order valence-corrected chi connectivity index (χ1v) is 27.7. The quantitative estimate of drug-likeness (QED) is 0.0281. The maximum Gasteiger partial charge on any atom is 0.306 e. The van der Waals surface area contributed by atoms with Gasteiger partial charge in [0.25, 0.3) is 0 Å². The molecule has 0 aliphatic heterocycles. The molecule has 0 aromatic rings. The molecule has 0 atom stereocenters. The summed E-state index contributed by atoms with van der Waals surface area (Å²) in [5.74, 6) is 0.670. The molecule has 0 unspecified atom stereocenters. The molecule has 8 nitrogen and oxygen atoms in total. The first-order valence-electron chi connectivity index (χ1n) is 27.7. The van der Waals surface area contributed by atoms with Gasteiger partial charge < -0.3 is 25.0 Å². The van der Waals surface area contributed by atoms with Crippen LogP contribution >= 0.6 is 0 Å². The second kappa shape index (κ2) is 47.2. The summed E-state index contributed by atoms with van der Waals surface area (Å²) < 4.78 is 11.6. The summed E-state index contributed by atoms with van der Waals surface area (Å²) in [7, 11) is 0. The van der Waals surface area contributed by atoms with Gasteiger partial charge in [0.1, 0.15) is 11.9 Å². The van der Waals surface area contributed by atoms with Gasteiger partial charge in [0.15, 0.2) is 0 Å². The van der Waals surface area contributed by atoms with Crippen molar-refractivity contribution in [1.29, 1.82) is 0 Å². The van der Waals surface area contributed by atoms with Crippen LogP contribution in [-0.4, -0.2) is 73.0 Å². The first-order chi connectivity index (χ1) is 31.3. The molecule has 376 valence electrons. The van der Waals surface area contributed by atoms with Crippen LogP contribution in [0.25, 0.3) is 0 Å². The highest BCUT2D eigenvalue weighted by Gasteiger charge is 2.16. The lowest BCUT2D eigenvalue weighted by molar-refractivity contribution is -0.150. The van der Waals surface area contributed by atoms with Crippen molar-refractivity contribution < 1.29 is 19.1 Å². The zero-order valence-corrected chi connectivity index (χ0v) is 43.6. The fraction of sp³-hybridized carbons (Fsp3) is 0.875. The van der Waals surface area contributed by atoms with Crippen molar-refractivity contribution in [3.05, 3.63) is 24.0 Å². The van der Waals surface area contributed by atoms with Crippen LogP contribution in [0.1, 0.15) is 273 Å². The fourth-order valence-corrected chi connectivity index (χ4v) is 8.66. The fourth-order valence-electron chi connectivity index (χ4n) is 8.66. The van der Waals surface area contributed by atoms with Crippen molar-refractivity contribution in [2.75, 3.05) is 39.3 Å². The molecule has 0 amide bonds. The normalized spacial score (nSPS) is 12.3. The minimum atomic E-state index is -0.0256. The van der Waals surface area contributed by atoms with Crippen molar-refractivity contribution >= 4 is 17.8 Å². The molecule has 0 aromatic heterocycles. The number of carbonyl (C=O) groups is 2. The summed E-state index contributed by atoms with van der Waals surface area (Å²) in [4.78, 5) is 34.8. The van der Waals surface area contributed by atoms with Gasteiger partial charge in [-0.05, 0) is 110 Å². The number of aliphatic imine (C=N–C) groups is 1. The lowest BCUT2D eigenvalue weighted by Gasteiger charge is -2.27. The highest BCUT2D eigenvalue weighted by atomic mass is 16.5. The van der Waals surface area contributed by atoms with E-state index in [0.717, 1.165) is 128 Å². The summed E-state index contributed by atoms with van der Waals surface area (Å²) in [6.45, 7) is 22.9. The number of esters is 2. The summed E-state index contributed by atoms with van der Waals surface area (Å²) >= 11 is 0. The molecule has 0 spiro atoms. The molecule has 2 N–H and O–H groups in total. The Hall–Kier alpha value is -2.35. The maximum atomic E-state index is 13.0. The molecule has 0 radical (unpaired) electrons. The lowest BCUT2D eigenvalue weighted by Crippen LogP contribution is -2.30. The molecule has 0 fully saturated rings. The van der Waals surface area contributed by atoms with E-state index >= 15 is 0 Å². The monoisotopic (exact) mass is 901 g/mol. The molecule has 0 heterocycles. The third-order valence-corrected chi connectivity index (χ3v) is 12.8. The summed E-state index contributed by atoms with van der Waals surface area (Å²) in [6, 6.07) is 0. The average Bonchev–Trinajstić information content (AvgIpc) is 3.29. The Kier molecular flexibility index (Phi) is 45.4. The minimum absolute atomic E-state index is 0.0213. The van der Waals surface area contributed by atoms with Gasteiger partial charge in [-0.2, -0.15) is 0 Å². The summed E-state index contributed by atoms with van der Waals surface area (Å²) in [5, 5.41) is 0. The number of allylic oxidation sites excluding steroid dienone is 1. The molecule has 0 aliphatic carbocycles. The highest BCUT2D eigenvalue weighted by molar-refractivity contribution is 5.97. The first kappa shape index (κ1) is 61.7. The molecule has 0 saturated heterocycles. The predicted molar refractivity (Wildman–Crippen MR) is 278 cm³/mol. The van der Waals surface area contributed by atoms with Crippen LogP contribution in [0.3, 0.4) is 0 Å². The van der Waals surface area contributed by atoms with Crippen LogP contribution in [0, 0.1) is 0 Å². The van der Waals surface area contributed by atoms with Crippen LogP contribution in [-0.2, 0) is 19.1 Å². The van der Waals surface area contributed by atoms with Gasteiger partial charge in [0.05, 0.1) is 6.61 Å². The number of rotatable bonds is 49. The maximum absolute atomic E-state index is 13.0. The SMILES string of the molecule is C=CN(CCCN(CCCCCCCC(=O)OCCCCCCCC)CCCCCCCC(=O)OC(CCCCCCCC)CCCCCCCC)/C(C)=C(CCC)/C(N)=N\CCC. The van der Waals surface area contributed by atoms with E-state index in [2.05, 4.69) is 62.9 Å². The standard InChI is InChI=1S/C56H108N4O4/c1-8-14-17-20-25-32-41-52(42-33-26-21-18-15-9-2)64-55(62)44-35-28-24-30-37-47-59(46-36-29-23-27-34-43-54(61)63-50-38-31-22-19-16-10-3)48-39-49-60(13-6)51(7)53(40-11-4)56(57)58-45-12-5/h13,52H,6,8-12,14-50H2,1-5,7H3,(H2,57,58)/b53-51+. The van der Waals surface area contributed by atoms with Crippen LogP contribution in [0.5, 0.6) is 0 Å². The van der Waals surface area contributed by atoms with E-state index in [1.807, 2.05) is 6.20 Å². The van der Waals surface area contributed by atoms with E-state index in [4.69, 9.17) is 15.2 Å². The molecular weight excluding hydrogens is 793 g/mol. The lowest BCUT2D eigenvalue weighted by atomic mass is 10.0. The predicted octanol–water partition coefficient (Wildman–Crippen LogP) is 16.0. The molecule has 0 aromatic carbocycles. The Morgan fingerprint density at radius 2 is 0.984 bits per heavy atom. The van der Waals surface area contributed by atoms with Gasteiger partial charge in [-0.15, -0.1) is 0 Å². The molecule has 0 aliphatic rings. The second-order valence-corrected chi connectivity index (χ2v) is 18.9. The van der Waals surface area contributed by atoms with Crippen molar-refractivity contribution in [1.82, 2.24) is 9.80 Å². The zero-order chi connectivity index (χ0) is 47.1. The van der Waals surface area contributed by atoms with Gasteiger partial charge in [-0.1, -0.05) is 182 Å². The number of amidine groups is 1. The second-order valence-electron chi connectivity index (χ2n) is 18.9. The highest BCUT2D eigenvalue weighted by Crippen LogP contribution is 2.20. The average molecular weight is 902 g/mol. The smallest absolute Gasteiger partial charge is 0.306 e. The molecular formula is C56H108N4O4. The summed E-state index contributed by atoms with van der Waals surface area (Å²) in [6.07, 6.45) is 42.9. The van der Waals surface area contributed by atoms with E-state index in [-0.39, 0.29) is 18.0 Å². The van der Waals surface area contributed by atoms with Gasteiger partial charge in [-0.3, -0.25) is 14.6 Å². The van der Waals surface area contributed by atoms with E-state index in [1.165, 1.54) is 134 Å². The molecule has 0 bridgehead atoms. The van der Waals surface area contributed by atoms with Crippen molar-refractivity contribution in [3.8, 4) is 0 Å². The Morgan fingerprint density at radius 1 is 0.531 bits per heavy atom. The van der Waals surface area contributed by atoms with E-state index < -0.39 is 0 Å². The third-order valence-electron chi connectivity index (χ3n) is 12.8. The Bertz CT molecular complexity index is 1120. The molecule has 0 rings (SSSR count). The van der Waals surface area contributed by atoms with Gasteiger partial charge in [0, 0.05) is 37.2 Å². The van der Waals surface area contributed by atoms with E-state index in [0.29, 0.717) is 25.3 Å². The zero-order valence-electron chi connectivity index (χ0n) is 43.6. The number of carbonyl (C=O) groups excluding carboxylic acids is 2. The molecule has 0 saturated carbocycles.